The Hall–Kier alpha value is -1.18. The fourth-order valence-corrected chi connectivity index (χ4v) is 5.75. The second-order valence-corrected chi connectivity index (χ2v) is 9.71. The molecule has 0 amide bonds. The highest BCUT2D eigenvalue weighted by atomic mass is 19.2. The van der Waals surface area contributed by atoms with Crippen LogP contribution in [0.1, 0.15) is 102 Å². The van der Waals surface area contributed by atoms with Crippen LogP contribution in [-0.4, -0.2) is 0 Å². The van der Waals surface area contributed by atoms with E-state index in [1.165, 1.54) is 95.6 Å². The molecule has 2 fully saturated rings. The first kappa shape index (κ1) is 22.5. The van der Waals surface area contributed by atoms with E-state index in [1.54, 1.807) is 6.07 Å². The van der Waals surface area contributed by atoms with Crippen LogP contribution in [0.5, 0.6) is 0 Å². The molecular weight excluding hydrogens is 362 g/mol. The van der Waals surface area contributed by atoms with Crippen LogP contribution in [0.15, 0.2) is 24.3 Å². The number of hydrogen-bond acceptors (Lipinski definition) is 0. The lowest BCUT2D eigenvalue weighted by Crippen LogP contribution is -2.25. The van der Waals surface area contributed by atoms with Crippen LogP contribution in [0.4, 0.5) is 8.78 Å². The largest absolute Gasteiger partial charge is 0.204 e. The first-order valence-corrected chi connectivity index (χ1v) is 12.3. The van der Waals surface area contributed by atoms with Crippen molar-refractivity contribution >= 4 is 6.08 Å². The van der Waals surface area contributed by atoms with Gasteiger partial charge in [-0.3, -0.25) is 0 Å². The summed E-state index contributed by atoms with van der Waals surface area (Å²) >= 11 is 0. The number of hydrogen-bond donors (Lipinski definition) is 0. The second-order valence-electron chi connectivity index (χ2n) is 9.71. The zero-order valence-corrected chi connectivity index (χ0v) is 18.4. The maximum Gasteiger partial charge on any atom is 0.159 e. The van der Waals surface area contributed by atoms with Crippen LogP contribution in [0.25, 0.3) is 6.08 Å². The van der Waals surface area contributed by atoms with Gasteiger partial charge < -0.3 is 0 Å². The Bertz CT molecular complexity index is 619. The minimum absolute atomic E-state index is 0.748. The first-order valence-electron chi connectivity index (χ1n) is 12.3. The average Bonchev–Trinajstić information content (AvgIpc) is 2.75. The Morgan fingerprint density at radius 3 is 2.00 bits per heavy atom. The van der Waals surface area contributed by atoms with E-state index in [9.17, 15) is 8.78 Å². The first-order chi connectivity index (χ1) is 14.2. The predicted octanol–water partition coefficient (Wildman–Crippen LogP) is 8.95. The van der Waals surface area contributed by atoms with Gasteiger partial charge in [0.05, 0.1) is 0 Å². The van der Waals surface area contributed by atoms with Gasteiger partial charge in [-0.1, -0.05) is 76.5 Å². The number of allylic oxidation sites excluding steroid dienone is 1. The van der Waals surface area contributed by atoms with Crippen LogP contribution in [0.3, 0.4) is 0 Å². The Kier molecular flexibility index (Phi) is 9.21. The van der Waals surface area contributed by atoms with Crippen LogP contribution in [0.2, 0.25) is 0 Å². The quantitative estimate of drug-likeness (QED) is 0.362. The third kappa shape index (κ3) is 7.23. The Balaban J connectivity index is 1.30. The lowest BCUT2D eigenvalue weighted by molar-refractivity contribution is 0.140. The average molecular weight is 403 g/mol. The van der Waals surface area contributed by atoms with E-state index < -0.39 is 11.6 Å². The van der Waals surface area contributed by atoms with Crippen LogP contribution >= 0.6 is 0 Å². The van der Waals surface area contributed by atoms with E-state index in [4.69, 9.17) is 0 Å². The minimum Gasteiger partial charge on any atom is -0.204 e. The summed E-state index contributed by atoms with van der Waals surface area (Å²) in [6.45, 7) is 2.30. The SMILES string of the molecule is CCCCCC1CCC(C2CCC(CCC=Cc3ccc(F)c(F)c3)CC2)CC1. The molecule has 0 bridgehead atoms. The Morgan fingerprint density at radius 2 is 1.41 bits per heavy atom. The normalized spacial score (nSPS) is 28.1. The highest BCUT2D eigenvalue weighted by Crippen LogP contribution is 2.43. The summed E-state index contributed by atoms with van der Waals surface area (Å²) in [6, 6.07) is 4.11. The fraction of sp³-hybridized carbons (Fsp3) is 0.704. The van der Waals surface area contributed by atoms with Gasteiger partial charge in [0.15, 0.2) is 11.6 Å². The number of benzene rings is 1. The van der Waals surface area contributed by atoms with Gasteiger partial charge in [0.1, 0.15) is 0 Å². The molecule has 29 heavy (non-hydrogen) atoms. The molecule has 162 valence electrons. The van der Waals surface area contributed by atoms with Crippen molar-refractivity contribution in [2.45, 2.75) is 96.8 Å². The molecule has 2 saturated carbocycles. The van der Waals surface area contributed by atoms with Crippen molar-refractivity contribution in [2.24, 2.45) is 23.7 Å². The molecule has 3 rings (SSSR count). The molecule has 0 nitrogen and oxygen atoms in total. The summed E-state index contributed by atoms with van der Waals surface area (Å²) in [6.07, 6.45) is 23.6. The van der Waals surface area contributed by atoms with E-state index in [1.807, 2.05) is 6.08 Å². The number of halogens is 2. The van der Waals surface area contributed by atoms with E-state index in [2.05, 4.69) is 13.0 Å². The predicted molar refractivity (Wildman–Crippen MR) is 120 cm³/mol. The summed E-state index contributed by atoms with van der Waals surface area (Å²) < 4.78 is 26.2. The second kappa shape index (κ2) is 11.9. The molecule has 0 heterocycles. The van der Waals surface area contributed by atoms with Crippen molar-refractivity contribution in [1.82, 2.24) is 0 Å². The summed E-state index contributed by atoms with van der Waals surface area (Å²) in [4.78, 5) is 0. The topological polar surface area (TPSA) is 0 Å². The standard InChI is InChI=1S/C27H40F2/c1-2-3-4-7-21-10-15-24(16-11-21)25-17-12-22(13-18-25)8-5-6-9-23-14-19-26(28)27(29)20-23/h6,9,14,19-22,24-25H,2-5,7-8,10-13,15-18H2,1H3. The molecule has 0 radical (unpaired) electrons. The monoisotopic (exact) mass is 402 g/mol. The molecule has 1 aromatic carbocycles. The lowest BCUT2D eigenvalue weighted by Gasteiger charge is -2.38. The molecule has 0 aromatic heterocycles. The van der Waals surface area contributed by atoms with Crippen molar-refractivity contribution in [3.05, 3.63) is 41.5 Å². The molecule has 2 heteroatoms. The summed E-state index contributed by atoms with van der Waals surface area (Å²) in [5.41, 5.74) is 0.748. The molecule has 0 unspecified atom stereocenters. The molecule has 0 N–H and O–H groups in total. The van der Waals surface area contributed by atoms with Gasteiger partial charge in [0, 0.05) is 0 Å². The fourth-order valence-electron chi connectivity index (χ4n) is 5.75. The van der Waals surface area contributed by atoms with Crippen LogP contribution in [-0.2, 0) is 0 Å². The molecular formula is C27H40F2. The van der Waals surface area contributed by atoms with Crippen molar-refractivity contribution in [3.8, 4) is 0 Å². The van der Waals surface area contributed by atoms with Gasteiger partial charge in [-0.25, -0.2) is 8.78 Å². The molecule has 0 aliphatic heterocycles. The maximum absolute atomic E-state index is 13.3. The molecule has 2 aliphatic rings. The molecule has 1 aromatic rings. The molecule has 0 saturated heterocycles. The van der Waals surface area contributed by atoms with Gasteiger partial charge in [0.25, 0.3) is 0 Å². The smallest absolute Gasteiger partial charge is 0.159 e. The number of unbranched alkanes of at least 4 members (excludes halogenated alkanes) is 2. The highest BCUT2D eigenvalue weighted by Gasteiger charge is 2.30. The van der Waals surface area contributed by atoms with Crippen molar-refractivity contribution in [1.29, 1.82) is 0 Å². The Labute approximate surface area is 177 Å². The number of rotatable bonds is 9. The van der Waals surface area contributed by atoms with Crippen LogP contribution < -0.4 is 0 Å². The third-order valence-corrected chi connectivity index (χ3v) is 7.66. The summed E-state index contributed by atoms with van der Waals surface area (Å²) in [5.74, 6) is 2.33. The van der Waals surface area contributed by atoms with Gasteiger partial charge >= 0.3 is 0 Å². The summed E-state index contributed by atoms with van der Waals surface area (Å²) in [5, 5.41) is 0. The van der Waals surface area contributed by atoms with E-state index in [0.717, 1.165) is 35.7 Å². The van der Waals surface area contributed by atoms with Crippen molar-refractivity contribution in [3.63, 3.8) is 0 Å². The lowest BCUT2D eigenvalue weighted by atomic mass is 9.68. The van der Waals surface area contributed by atoms with Gasteiger partial charge in [-0.05, 0) is 79.9 Å². The molecule has 0 spiro atoms. The molecule has 0 atom stereocenters. The Morgan fingerprint density at radius 1 is 0.793 bits per heavy atom. The van der Waals surface area contributed by atoms with E-state index >= 15 is 0 Å². The highest BCUT2D eigenvalue weighted by molar-refractivity contribution is 5.48. The van der Waals surface area contributed by atoms with Gasteiger partial charge in [-0.15, -0.1) is 0 Å². The third-order valence-electron chi connectivity index (χ3n) is 7.66. The van der Waals surface area contributed by atoms with Gasteiger partial charge in [0.2, 0.25) is 0 Å². The summed E-state index contributed by atoms with van der Waals surface area (Å²) in [7, 11) is 0. The van der Waals surface area contributed by atoms with Crippen molar-refractivity contribution in [2.75, 3.05) is 0 Å². The zero-order chi connectivity index (χ0) is 20.5. The maximum atomic E-state index is 13.3. The van der Waals surface area contributed by atoms with Crippen molar-refractivity contribution < 1.29 is 8.78 Å². The van der Waals surface area contributed by atoms with Gasteiger partial charge in [-0.2, -0.15) is 0 Å². The minimum atomic E-state index is -0.774. The zero-order valence-electron chi connectivity index (χ0n) is 18.4. The molecule has 2 aliphatic carbocycles. The van der Waals surface area contributed by atoms with E-state index in [0.29, 0.717) is 0 Å². The van der Waals surface area contributed by atoms with Crippen LogP contribution in [0, 0.1) is 35.3 Å². The van der Waals surface area contributed by atoms with E-state index in [-0.39, 0.29) is 0 Å².